The van der Waals surface area contributed by atoms with Gasteiger partial charge >= 0.3 is 5.97 Å². The minimum atomic E-state index is -1.98. The highest BCUT2D eigenvalue weighted by molar-refractivity contribution is 6.74. The summed E-state index contributed by atoms with van der Waals surface area (Å²) in [6.45, 7) is 16.3. The summed E-state index contributed by atoms with van der Waals surface area (Å²) in [5.74, 6) is -0.268. The molecule has 1 atom stereocenters. The average Bonchev–Trinajstić information content (AvgIpc) is 2.24. The zero-order valence-electron chi connectivity index (χ0n) is 15.4. The zero-order valence-corrected chi connectivity index (χ0v) is 16.4. The lowest BCUT2D eigenvalue weighted by Gasteiger charge is -2.39. The van der Waals surface area contributed by atoms with Gasteiger partial charge in [0, 0.05) is 0 Å². The Morgan fingerprint density at radius 2 is 1.68 bits per heavy atom. The number of esters is 1. The van der Waals surface area contributed by atoms with E-state index >= 15 is 0 Å². The monoisotopic (exact) mass is 328 g/mol. The van der Waals surface area contributed by atoms with Crippen molar-refractivity contribution in [3.8, 4) is 0 Å². The molecule has 0 aliphatic carbocycles. The molecule has 0 aromatic rings. The van der Waals surface area contributed by atoms with Crippen LogP contribution >= 0.6 is 0 Å². The first-order chi connectivity index (χ1) is 9.78. The number of allylic oxidation sites excluding steroid dienone is 1. The van der Waals surface area contributed by atoms with Crippen LogP contribution in [0.5, 0.6) is 0 Å². The molecule has 0 aliphatic heterocycles. The minimum Gasteiger partial charge on any atom is -0.460 e. The van der Waals surface area contributed by atoms with Crippen molar-refractivity contribution < 1.29 is 18.8 Å². The van der Waals surface area contributed by atoms with Crippen LogP contribution in [0.2, 0.25) is 18.1 Å². The average molecular weight is 329 g/mol. The molecule has 0 bridgehead atoms. The van der Waals surface area contributed by atoms with Crippen LogP contribution in [0.4, 0.5) is 0 Å². The van der Waals surface area contributed by atoms with E-state index in [-0.39, 0.29) is 23.5 Å². The van der Waals surface area contributed by atoms with Crippen LogP contribution in [-0.4, -0.2) is 32.3 Å². The van der Waals surface area contributed by atoms with Crippen LogP contribution < -0.4 is 0 Å². The van der Waals surface area contributed by atoms with Crippen molar-refractivity contribution in [2.75, 3.05) is 0 Å². The molecule has 0 spiro atoms. The van der Waals surface area contributed by atoms with E-state index in [1.807, 2.05) is 20.8 Å². The van der Waals surface area contributed by atoms with Gasteiger partial charge in [0.2, 0.25) is 0 Å². The van der Waals surface area contributed by atoms with E-state index < -0.39 is 13.9 Å². The van der Waals surface area contributed by atoms with Crippen LogP contribution in [0, 0.1) is 0 Å². The van der Waals surface area contributed by atoms with Gasteiger partial charge in [0.25, 0.3) is 0 Å². The summed E-state index contributed by atoms with van der Waals surface area (Å²) in [5.41, 5.74) is -0.503. The molecule has 0 N–H and O–H groups in total. The molecule has 0 aromatic heterocycles. The molecule has 0 heterocycles. The number of ether oxygens (including phenoxy) is 1. The third-order valence-electron chi connectivity index (χ3n) is 3.70. The largest absolute Gasteiger partial charge is 0.460 e. The molecule has 0 saturated heterocycles. The first-order valence-corrected chi connectivity index (χ1v) is 10.7. The van der Waals surface area contributed by atoms with Crippen molar-refractivity contribution in [1.29, 1.82) is 0 Å². The van der Waals surface area contributed by atoms with Crippen LogP contribution in [-0.2, 0) is 18.8 Å². The van der Waals surface area contributed by atoms with E-state index in [1.165, 1.54) is 6.08 Å². The van der Waals surface area contributed by atoms with E-state index in [2.05, 4.69) is 33.9 Å². The standard InChI is InChI=1S/C17H32O4Si/c1-16(2,3)20-15(19)13-14(11-9-10-12-18)21-22(7,8)17(4,5)6/h9-10,12,14H,11,13H2,1-8H3/b10-9+. The van der Waals surface area contributed by atoms with E-state index in [1.54, 1.807) is 6.08 Å². The Morgan fingerprint density at radius 1 is 1.14 bits per heavy atom. The predicted octanol–water partition coefficient (Wildman–Crippen LogP) is 4.25. The Hall–Kier alpha value is -0.943. The molecule has 0 amide bonds. The summed E-state index contributed by atoms with van der Waals surface area (Å²) in [7, 11) is -1.98. The van der Waals surface area contributed by atoms with E-state index in [0.29, 0.717) is 6.42 Å². The first kappa shape index (κ1) is 21.1. The van der Waals surface area contributed by atoms with Gasteiger partial charge in [-0.1, -0.05) is 26.8 Å². The third kappa shape index (κ3) is 8.49. The van der Waals surface area contributed by atoms with Crippen LogP contribution in [0.15, 0.2) is 12.2 Å². The number of carbonyl (C=O) groups excluding carboxylic acids is 2. The van der Waals surface area contributed by atoms with Gasteiger partial charge in [-0.2, -0.15) is 0 Å². The molecular formula is C17H32O4Si. The normalized spacial score (nSPS) is 14.9. The lowest BCUT2D eigenvalue weighted by Crippen LogP contribution is -2.44. The summed E-state index contributed by atoms with van der Waals surface area (Å²) in [6.07, 6.45) is 4.40. The van der Waals surface area contributed by atoms with Gasteiger partial charge in [-0.05, 0) is 51.4 Å². The summed E-state index contributed by atoms with van der Waals surface area (Å²) in [5, 5.41) is 0.0631. The molecule has 1 unspecified atom stereocenters. The predicted molar refractivity (Wildman–Crippen MR) is 92.4 cm³/mol. The van der Waals surface area contributed by atoms with Gasteiger partial charge in [-0.15, -0.1) is 0 Å². The maximum atomic E-state index is 12.1. The Bertz CT molecular complexity index is 400. The van der Waals surface area contributed by atoms with E-state index in [9.17, 15) is 9.59 Å². The zero-order chi connectivity index (χ0) is 17.6. The fraction of sp³-hybridized carbons (Fsp3) is 0.765. The highest BCUT2D eigenvalue weighted by Crippen LogP contribution is 2.38. The second kappa shape index (κ2) is 8.06. The number of hydrogen-bond acceptors (Lipinski definition) is 4. The summed E-state index contributed by atoms with van der Waals surface area (Å²) in [6, 6.07) is 0. The van der Waals surface area contributed by atoms with Gasteiger partial charge in [0.1, 0.15) is 11.9 Å². The van der Waals surface area contributed by atoms with Crippen LogP contribution in [0.25, 0.3) is 0 Å². The van der Waals surface area contributed by atoms with Crippen LogP contribution in [0.3, 0.4) is 0 Å². The first-order valence-electron chi connectivity index (χ1n) is 7.78. The number of aldehydes is 1. The number of hydrogen-bond donors (Lipinski definition) is 0. The highest BCUT2D eigenvalue weighted by atomic mass is 28.4. The molecule has 0 saturated carbocycles. The quantitative estimate of drug-likeness (QED) is 0.303. The van der Waals surface area contributed by atoms with Gasteiger partial charge in [0.15, 0.2) is 8.32 Å². The van der Waals surface area contributed by atoms with Gasteiger partial charge in [-0.3, -0.25) is 9.59 Å². The smallest absolute Gasteiger partial charge is 0.308 e. The second-order valence-corrected chi connectivity index (χ2v) is 12.8. The molecule has 22 heavy (non-hydrogen) atoms. The summed E-state index contributed by atoms with van der Waals surface area (Å²) >= 11 is 0. The molecule has 128 valence electrons. The topological polar surface area (TPSA) is 52.6 Å². The van der Waals surface area contributed by atoms with Crippen molar-refractivity contribution >= 4 is 20.6 Å². The fourth-order valence-electron chi connectivity index (χ4n) is 1.62. The Kier molecular flexibility index (Phi) is 7.72. The number of carbonyl (C=O) groups is 2. The summed E-state index contributed by atoms with van der Waals surface area (Å²) in [4.78, 5) is 22.5. The van der Waals surface area contributed by atoms with E-state index in [4.69, 9.17) is 9.16 Å². The SMILES string of the molecule is CC(C)(C)OC(=O)CC(C/C=C/C=O)O[Si](C)(C)C(C)(C)C. The molecule has 0 aromatic carbocycles. The molecule has 0 radical (unpaired) electrons. The molecule has 0 aliphatic rings. The van der Waals surface area contributed by atoms with Gasteiger partial charge < -0.3 is 9.16 Å². The molecular weight excluding hydrogens is 296 g/mol. The van der Waals surface area contributed by atoms with Crippen LogP contribution in [0.1, 0.15) is 54.4 Å². The van der Waals surface area contributed by atoms with Gasteiger partial charge in [0.05, 0.1) is 12.5 Å². The van der Waals surface area contributed by atoms with Gasteiger partial charge in [-0.25, -0.2) is 0 Å². The maximum Gasteiger partial charge on any atom is 0.308 e. The Morgan fingerprint density at radius 3 is 2.09 bits per heavy atom. The second-order valence-electron chi connectivity index (χ2n) is 8.09. The van der Waals surface area contributed by atoms with E-state index in [0.717, 1.165) is 6.29 Å². The van der Waals surface area contributed by atoms with Crippen molar-refractivity contribution in [2.45, 2.75) is 84.2 Å². The maximum absolute atomic E-state index is 12.1. The fourth-order valence-corrected chi connectivity index (χ4v) is 2.99. The molecule has 5 heteroatoms. The van der Waals surface area contributed by atoms with Crippen molar-refractivity contribution in [2.24, 2.45) is 0 Å². The molecule has 0 rings (SSSR count). The van der Waals surface area contributed by atoms with Crippen molar-refractivity contribution in [3.05, 3.63) is 12.2 Å². The highest BCUT2D eigenvalue weighted by Gasteiger charge is 2.39. The Balaban J connectivity index is 4.94. The lowest BCUT2D eigenvalue weighted by molar-refractivity contribution is -0.156. The lowest BCUT2D eigenvalue weighted by atomic mass is 10.1. The molecule has 4 nitrogen and oxygen atoms in total. The van der Waals surface area contributed by atoms with Crippen molar-refractivity contribution in [3.63, 3.8) is 0 Å². The number of rotatable bonds is 7. The third-order valence-corrected chi connectivity index (χ3v) is 8.23. The molecule has 0 fully saturated rings. The Labute approximate surface area is 136 Å². The summed E-state index contributed by atoms with van der Waals surface area (Å²) < 4.78 is 11.7. The van der Waals surface area contributed by atoms with Crippen molar-refractivity contribution in [1.82, 2.24) is 0 Å². The minimum absolute atomic E-state index is 0.0631.